The van der Waals surface area contributed by atoms with E-state index in [0.717, 1.165) is 12.8 Å². The van der Waals surface area contributed by atoms with E-state index in [4.69, 9.17) is 5.11 Å². The van der Waals surface area contributed by atoms with Gasteiger partial charge >= 0.3 is 5.97 Å². The van der Waals surface area contributed by atoms with E-state index in [0.29, 0.717) is 0 Å². The molecular formula is C9H16O2. The average molecular weight is 156 g/mol. The lowest BCUT2D eigenvalue weighted by molar-refractivity contribution is -0.131. The molecule has 0 saturated carbocycles. The highest BCUT2D eigenvalue weighted by atomic mass is 16.4. The molecule has 0 rings (SSSR count). The second-order valence-electron chi connectivity index (χ2n) is 2.59. The second-order valence-corrected chi connectivity index (χ2v) is 2.59. The highest BCUT2D eigenvalue weighted by Crippen LogP contribution is 2.02. The van der Waals surface area contributed by atoms with Crippen LogP contribution in [0.2, 0.25) is 0 Å². The maximum atomic E-state index is 10.0. The molecule has 2 heteroatoms. The number of rotatable bonds is 6. The van der Waals surface area contributed by atoms with E-state index in [2.05, 4.69) is 6.92 Å². The van der Waals surface area contributed by atoms with Gasteiger partial charge in [-0.2, -0.15) is 0 Å². The van der Waals surface area contributed by atoms with Gasteiger partial charge in [-0.15, -0.1) is 0 Å². The zero-order valence-electron chi connectivity index (χ0n) is 7.05. The molecule has 0 spiro atoms. The molecule has 0 aliphatic rings. The molecule has 0 unspecified atom stereocenters. The number of hydrogen-bond acceptors (Lipinski definition) is 1. The Morgan fingerprint density at radius 3 is 2.64 bits per heavy atom. The van der Waals surface area contributed by atoms with E-state index in [1.54, 1.807) is 6.08 Å². The smallest absolute Gasteiger partial charge is 0.327 e. The molecule has 0 aromatic rings. The normalized spacial score (nSPS) is 10.6. The molecule has 0 amide bonds. The lowest BCUT2D eigenvalue weighted by Crippen LogP contribution is -1.85. The molecule has 0 saturated heterocycles. The number of aliphatic carboxylic acids is 1. The minimum atomic E-state index is -0.847. The van der Waals surface area contributed by atoms with Gasteiger partial charge in [-0.3, -0.25) is 0 Å². The van der Waals surface area contributed by atoms with Crippen LogP contribution in [-0.2, 0) is 4.79 Å². The number of allylic oxidation sites excluding steroid dienone is 1. The first-order valence-electron chi connectivity index (χ1n) is 4.17. The molecule has 0 fully saturated rings. The molecule has 0 aliphatic heterocycles. The summed E-state index contributed by atoms with van der Waals surface area (Å²) < 4.78 is 0. The third-order valence-corrected chi connectivity index (χ3v) is 1.48. The molecule has 0 heterocycles. The summed E-state index contributed by atoms with van der Waals surface area (Å²) >= 11 is 0. The van der Waals surface area contributed by atoms with Crippen LogP contribution >= 0.6 is 0 Å². The number of carboxylic acids is 1. The standard InChI is InChI=1S/C9H16O2/c1-2-3-4-5-6-7-8-9(10)11/h7-8H,2-6H2,1H3,(H,10,11)/b8-7-. The zero-order valence-corrected chi connectivity index (χ0v) is 7.05. The Morgan fingerprint density at radius 1 is 1.36 bits per heavy atom. The summed E-state index contributed by atoms with van der Waals surface area (Å²) in [6.07, 6.45) is 8.62. The van der Waals surface area contributed by atoms with Gasteiger partial charge in [0.15, 0.2) is 0 Å². The van der Waals surface area contributed by atoms with Crippen molar-refractivity contribution in [3.8, 4) is 0 Å². The van der Waals surface area contributed by atoms with Crippen LogP contribution in [0.25, 0.3) is 0 Å². The van der Waals surface area contributed by atoms with Gasteiger partial charge in [-0.25, -0.2) is 4.79 Å². The van der Waals surface area contributed by atoms with Crippen LogP contribution < -0.4 is 0 Å². The Balaban J connectivity index is 3.07. The Morgan fingerprint density at radius 2 is 2.09 bits per heavy atom. The third-order valence-electron chi connectivity index (χ3n) is 1.48. The van der Waals surface area contributed by atoms with Crippen LogP contribution in [0, 0.1) is 0 Å². The van der Waals surface area contributed by atoms with Crippen LogP contribution in [0.15, 0.2) is 12.2 Å². The Hall–Kier alpha value is -0.790. The molecule has 1 N–H and O–H groups in total. The zero-order chi connectivity index (χ0) is 8.53. The van der Waals surface area contributed by atoms with Gasteiger partial charge in [0.1, 0.15) is 0 Å². The van der Waals surface area contributed by atoms with E-state index in [9.17, 15) is 4.79 Å². The van der Waals surface area contributed by atoms with E-state index in [1.165, 1.54) is 25.3 Å². The molecule has 0 aromatic heterocycles. The number of carbonyl (C=O) groups is 1. The maximum Gasteiger partial charge on any atom is 0.327 e. The van der Waals surface area contributed by atoms with Crippen molar-refractivity contribution in [2.24, 2.45) is 0 Å². The SMILES string of the molecule is CCCCCC/C=C\C(=O)O. The predicted octanol–water partition coefficient (Wildman–Crippen LogP) is 2.60. The fourth-order valence-electron chi connectivity index (χ4n) is 0.873. The van der Waals surface area contributed by atoms with Crippen molar-refractivity contribution in [3.05, 3.63) is 12.2 Å². The number of hydrogen-bond donors (Lipinski definition) is 1. The number of carboxylic acid groups (broad SMARTS) is 1. The van der Waals surface area contributed by atoms with Crippen LogP contribution in [0.5, 0.6) is 0 Å². The van der Waals surface area contributed by atoms with Crippen molar-refractivity contribution < 1.29 is 9.90 Å². The quantitative estimate of drug-likeness (QED) is 0.474. The first-order valence-corrected chi connectivity index (χ1v) is 4.17. The Kier molecular flexibility index (Phi) is 6.79. The van der Waals surface area contributed by atoms with Crippen LogP contribution in [0.3, 0.4) is 0 Å². The van der Waals surface area contributed by atoms with Gasteiger partial charge in [0, 0.05) is 6.08 Å². The average Bonchev–Trinajstić information content (AvgIpc) is 1.96. The van der Waals surface area contributed by atoms with Crippen LogP contribution in [0.1, 0.15) is 39.0 Å². The molecule has 0 bridgehead atoms. The monoisotopic (exact) mass is 156 g/mol. The molecule has 64 valence electrons. The molecule has 0 atom stereocenters. The van der Waals surface area contributed by atoms with E-state index in [-0.39, 0.29) is 0 Å². The minimum absolute atomic E-state index is 0.847. The van der Waals surface area contributed by atoms with Gasteiger partial charge in [0.2, 0.25) is 0 Å². The van der Waals surface area contributed by atoms with Gasteiger partial charge < -0.3 is 5.11 Å². The van der Waals surface area contributed by atoms with Crippen molar-refractivity contribution in [2.75, 3.05) is 0 Å². The number of unbranched alkanes of at least 4 members (excludes halogenated alkanes) is 4. The third kappa shape index (κ3) is 9.21. The Labute approximate surface area is 67.9 Å². The van der Waals surface area contributed by atoms with E-state index >= 15 is 0 Å². The van der Waals surface area contributed by atoms with E-state index in [1.807, 2.05) is 0 Å². The first-order chi connectivity index (χ1) is 5.27. The molecule has 0 aromatic carbocycles. The van der Waals surface area contributed by atoms with Gasteiger partial charge in [0.25, 0.3) is 0 Å². The van der Waals surface area contributed by atoms with E-state index < -0.39 is 5.97 Å². The molecule has 0 aliphatic carbocycles. The molecular weight excluding hydrogens is 140 g/mol. The molecule has 2 nitrogen and oxygen atoms in total. The molecule has 11 heavy (non-hydrogen) atoms. The maximum absolute atomic E-state index is 10.0. The first kappa shape index (κ1) is 10.2. The van der Waals surface area contributed by atoms with Crippen LogP contribution in [-0.4, -0.2) is 11.1 Å². The van der Waals surface area contributed by atoms with Crippen molar-refractivity contribution >= 4 is 5.97 Å². The predicted molar refractivity (Wildman–Crippen MR) is 45.5 cm³/mol. The summed E-state index contributed by atoms with van der Waals surface area (Å²) in [7, 11) is 0. The fourth-order valence-corrected chi connectivity index (χ4v) is 0.873. The topological polar surface area (TPSA) is 37.3 Å². The fraction of sp³-hybridized carbons (Fsp3) is 0.667. The van der Waals surface area contributed by atoms with Crippen molar-refractivity contribution in [2.45, 2.75) is 39.0 Å². The summed E-state index contributed by atoms with van der Waals surface area (Å²) in [4.78, 5) is 10.0. The summed E-state index contributed by atoms with van der Waals surface area (Å²) in [6.45, 7) is 2.16. The lowest BCUT2D eigenvalue weighted by Gasteiger charge is -1.92. The lowest BCUT2D eigenvalue weighted by atomic mass is 10.1. The summed E-state index contributed by atoms with van der Waals surface area (Å²) in [6, 6.07) is 0. The van der Waals surface area contributed by atoms with Gasteiger partial charge in [-0.05, 0) is 12.8 Å². The highest BCUT2D eigenvalue weighted by Gasteiger charge is 1.86. The van der Waals surface area contributed by atoms with Crippen molar-refractivity contribution in [3.63, 3.8) is 0 Å². The van der Waals surface area contributed by atoms with Gasteiger partial charge in [-0.1, -0.05) is 32.3 Å². The highest BCUT2D eigenvalue weighted by molar-refractivity contribution is 5.79. The van der Waals surface area contributed by atoms with Crippen molar-refractivity contribution in [1.82, 2.24) is 0 Å². The van der Waals surface area contributed by atoms with Crippen molar-refractivity contribution in [1.29, 1.82) is 0 Å². The summed E-state index contributed by atoms with van der Waals surface area (Å²) in [5, 5.41) is 8.23. The second kappa shape index (κ2) is 7.32. The summed E-state index contributed by atoms with van der Waals surface area (Å²) in [5.41, 5.74) is 0. The van der Waals surface area contributed by atoms with Crippen LogP contribution in [0.4, 0.5) is 0 Å². The Bertz CT molecular complexity index is 128. The molecule has 0 radical (unpaired) electrons. The minimum Gasteiger partial charge on any atom is -0.478 e. The largest absolute Gasteiger partial charge is 0.478 e. The summed E-state index contributed by atoms with van der Waals surface area (Å²) in [5.74, 6) is -0.847. The van der Waals surface area contributed by atoms with Gasteiger partial charge in [0.05, 0.1) is 0 Å².